The number of hydrogen-bond donors (Lipinski definition) is 1. The van der Waals surface area contributed by atoms with Gasteiger partial charge in [-0.25, -0.2) is 4.98 Å². The molecule has 0 fully saturated rings. The quantitative estimate of drug-likeness (QED) is 0.918. The van der Waals surface area contributed by atoms with Gasteiger partial charge in [0.05, 0.1) is 0 Å². The van der Waals surface area contributed by atoms with Gasteiger partial charge in [-0.2, -0.15) is 0 Å². The van der Waals surface area contributed by atoms with E-state index in [1.165, 1.54) is 22.5 Å². The van der Waals surface area contributed by atoms with Crippen molar-refractivity contribution in [3.05, 3.63) is 51.5 Å². The van der Waals surface area contributed by atoms with Crippen LogP contribution in [0.25, 0.3) is 0 Å². The Hall–Kier alpha value is -2.21. The van der Waals surface area contributed by atoms with Gasteiger partial charge in [0, 0.05) is 25.5 Å². The van der Waals surface area contributed by atoms with Crippen molar-refractivity contribution in [1.82, 2.24) is 15.2 Å². The molecule has 0 bridgehead atoms. The zero-order chi connectivity index (χ0) is 14.8. The summed E-state index contributed by atoms with van der Waals surface area (Å²) >= 11 is 1.19. The van der Waals surface area contributed by atoms with Crippen LogP contribution in [0.1, 0.15) is 31.4 Å². The number of aromatic nitrogens is 1. The van der Waals surface area contributed by atoms with Crippen molar-refractivity contribution in [3.63, 3.8) is 0 Å². The van der Waals surface area contributed by atoms with Gasteiger partial charge >= 0.3 is 0 Å². The van der Waals surface area contributed by atoms with E-state index < -0.39 is 0 Å². The van der Waals surface area contributed by atoms with Crippen LogP contribution < -0.4 is 5.32 Å². The molecule has 1 aromatic carbocycles. The molecule has 1 aliphatic rings. The predicted octanol–water partition coefficient (Wildman–Crippen LogP) is 1.70. The minimum absolute atomic E-state index is 0.115. The molecule has 0 saturated carbocycles. The Bertz CT molecular complexity index is 696. The van der Waals surface area contributed by atoms with Crippen molar-refractivity contribution in [2.24, 2.45) is 0 Å². The molecular weight excluding hydrogens is 286 g/mol. The van der Waals surface area contributed by atoms with Crippen LogP contribution in [-0.4, -0.2) is 35.3 Å². The summed E-state index contributed by atoms with van der Waals surface area (Å²) < 4.78 is 0. The maximum absolute atomic E-state index is 12.5. The second kappa shape index (κ2) is 5.65. The second-order valence-corrected chi connectivity index (χ2v) is 5.72. The molecule has 21 heavy (non-hydrogen) atoms. The number of benzene rings is 1. The summed E-state index contributed by atoms with van der Waals surface area (Å²) in [7, 11) is 1.55. The number of carbonyl (C=O) groups excluding carboxylic acids is 2. The molecular formula is C15H15N3O2S. The van der Waals surface area contributed by atoms with Crippen molar-refractivity contribution in [1.29, 1.82) is 0 Å². The lowest BCUT2D eigenvalue weighted by molar-refractivity contribution is 0.0729. The molecule has 6 heteroatoms. The molecule has 1 N–H and O–H groups in total. The summed E-state index contributed by atoms with van der Waals surface area (Å²) in [5.74, 6) is -0.376. The van der Waals surface area contributed by atoms with E-state index in [-0.39, 0.29) is 11.8 Å². The fraction of sp³-hybridized carbons (Fsp3) is 0.267. The Kier molecular flexibility index (Phi) is 3.70. The van der Waals surface area contributed by atoms with Crippen LogP contribution >= 0.6 is 11.3 Å². The van der Waals surface area contributed by atoms with E-state index in [0.29, 0.717) is 23.8 Å². The van der Waals surface area contributed by atoms with Gasteiger partial charge in [-0.15, -0.1) is 11.3 Å². The highest BCUT2D eigenvalue weighted by atomic mass is 32.1. The molecule has 0 unspecified atom stereocenters. The van der Waals surface area contributed by atoms with Gasteiger partial charge < -0.3 is 10.2 Å². The van der Waals surface area contributed by atoms with Crippen molar-refractivity contribution >= 4 is 23.2 Å². The molecule has 1 aromatic heterocycles. The molecule has 3 rings (SSSR count). The summed E-state index contributed by atoms with van der Waals surface area (Å²) in [4.78, 5) is 29.9. The maximum Gasteiger partial charge on any atom is 0.280 e. The number of rotatable bonds is 2. The summed E-state index contributed by atoms with van der Waals surface area (Å²) in [6.45, 7) is 1.28. The lowest BCUT2D eigenvalue weighted by Crippen LogP contribution is -2.36. The highest BCUT2D eigenvalue weighted by Crippen LogP contribution is 2.21. The minimum Gasteiger partial charge on any atom is -0.353 e. The molecule has 0 atom stereocenters. The van der Waals surface area contributed by atoms with E-state index in [4.69, 9.17) is 0 Å². The maximum atomic E-state index is 12.5. The Morgan fingerprint density at radius 1 is 1.29 bits per heavy atom. The highest BCUT2D eigenvalue weighted by Gasteiger charge is 2.24. The van der Waals surface area contributed by atoms with Crippen molar-refractivity contribution in [2.75, 3.05) is 13.6 Å². The van der Waals surface area contributed by atoms with E-state index in [9.17, 15) is 9.59 Å². The lowest BCUT2D eigenvalue weighted by atomic mass is 10.00. The monoisotopic (exact) mass is 301 g/mol. The summed E-state index contributed by atoms with van der Waals surface area (Å²) in [5, 5.41) is 4.47. The molecule has 0 radical (unpaired) electrons. The minimum atomic E-state index is -0.261. The molecule has 1 aliphatic heterocycles. The molecule has 108 valence electrons. The number of carbonyl (C=O) groups is 2. The standard InChI is InChI=1S/C15H15N3O2S/c1-16-13(19)14-17-12(9-21-14)15(20)18-7-6-10-4-2-3-5-11(10)8-18/h2-5,9H,6-8H2,1H3,(H,16,19). The fourth-order valence-corrected chi connectivity index (χ4v) is 3.15. The smallest absolute Gasteiger partial charge is 0.280 e. The van der Waals surface area contributed by atoms with Crippen molar-refractivity contribution < 1.29 is 9.59 Å². The van der Waals surface area contributed by atoms with Crippen LogP contribution in [0.15, 0.2) is 29.6 Å². The number of nitrogens with one attached hydrogen (secondary N) is 1. The Morgan fingerprint density at radius 3 is 2.81 bits per heavy atom. The lowest BCUT2D eigenvalue weighted by Gasteiger charge is -2.28. The predicted molar refractivity (Wildman–Crippen MR) is 80.4 cm³/mol. The van der Waals surface area contributed by atoms with Gasteiger partial charge in [-0.3, -0.25) is 9.59 Å². The Labute approximate surface area is 126 Å². The largest absolute Gasteiger partial charge is 0.353 e. The first kappa shape index (κ1) is 13.8. The third-order valence-corrected chi connectivity index (χ3v) is 4.40. The van der Waals surface area contributed by atoms with Crippen LogP contribution in [0, 0.1) is 0 Å². The van der Waals surface area contributed by atoms with Crippen LogP contribution in [0.3, 0.4) is 0 Å². The van der Waals surface area contributed by atoms with Gasteiger partial charge in [-0.1, -0.05) is 24.3 Å². The van der Waals surface area contributed by atoms with Crippen LogP contribution in [0.5, 0.6) is 0 Å². The number of thiazole rings is 1. The molecule has 2 amide bonds. The number of hydrogen-bond acceptors (Lipinski definition) is 4. The first-order valence-corrected chi connectivity index (χ1v) is 7.60. The Balaban J connectivity index is 1.77. The van der Waals surface area contributed by atoms with Crippen LogP contribution in [-0.2, 0) is 13.0 Å². The van der Waals surface area contributed by atoms with Crippen molar-refractivity contribution in [2.45, 2.75) is 13.0 Å². The average Bonchev–Trinajstić information content (AvgIpc) is 3.03. The third kappa shape index (κ3) is 2.67. The highest BCUT2D eigenvalue weighted by molar-refractivity contribution is 7.11. The first-order valence-electron chi connectivity index (χ1n) is 6.72. The number of nitrogens with zero attached hydrogens (tertiary/aromatic N) is 2. The summed E-state index contributed by atoms with van der Waals surface area (Å²) in [5.41, 5.74) is 2.82. The molecule has 0 spiro atoms. The molecule has 5 nitrogen and oxygen atoms in total. The van der Waals surface area contributed by atoms with Gasteiger partial charge in [0.15, 0.2) is 5.01 Å². The summed E-state index contributed by atoms with van der Waals surface area (Å²) in [6, 6.07) is 8.15. The number of fused-ring (bicyclic) bond motifs is 1. The number of amides is 2. The van der Waals surface area contributed by atoms with Crippen molar-refractivity contribution in [3.8, 4) is 0 Å². The summed E-state index contributed by atoms with van der Waals surface area (Å²) in [6.07, 6.45) is 0.856. The second-order valence-electron chi connectivity index (χ2n) is 4.86. The van der Waals surface area contributed by atoms with E-state index in [0.717, 1.165) is 6.42 Å². The Morgan fingerprint density at radius 2 is 2.05 bits per heavy atom. The zero-order valence-electron chi connectivity index (χ0n) is 11.6. The van der Waals surface area contributed by atoms with E-state index in [1.54, 1.807) is 17.3 Å². The fourth-order valence-electron chi connectivity index (χ4n) is 2.41. The topological polar surface area (TPSA) is 62.3 Å². The third-order valence-electron chi connectivity index (χ3n) is 3.56. The first-order chi connectivity index (χ1) is 10.2. The van der Waals surface area contributed by atoms with Crippen LogP contribution in [0.2, 0.25) is 0 Å². The average molecular weight is 301 g/mol. The van der Waals surface area contributed by atoms with Gasteiger partial charge in [0.25, 0.3) is 11.8 Å². The van der Waals surface area contributed by atoms with Gasteiger partial charge in [0.1, 0.15) is 5.69 Å². The van der Waals surface area contributed by atoms with E-state index >= 15 is 0 Å². The van der Waals surface area contributed by atoms with Crippen LogP contribution in [0.4, 0.5) is 0 Å². The van der Waals surface area contributed by atoms with E-state index in [2.05, 4.69) is 16.4 Å². The zero-order valence-corrected chi connectivity index (χ0v) is 12.4. The SMILES string of the molecule is CNC(=O)c1nc(C(=O)N2CCc3ccccc3C2)cs1. The van der Waals surface area contributed by atoms with E-state index in [1.807, 2.05) is 18.2 Å². The molecule has 0 saturated heterocycles. The van der Waals surface area contributed by atoms with Gasteiger partial charge in [0.2, 0.25) is 0 Å². The molecule has 2 heterocycles. The molecule has 2 aromatic rings. The normalized spacial score (nSPS) is 13.7. The van der Waals surface area contributed by atoms with Gasteiger partial charge in [-0.05, 0) is 17.5 Å². The molecule has 0 aliphatic carbocycles.